The molecule has 4 rings (SSSR count). The fourth-order valence-electron chi connectivity index (χ4n) is 3.37. The normalized spacial score (nSPS) is 13.6. The zero-order valence-corrected chi connectivity index (χ0v) is 16.6. The van der Waals surface area contributed by atoms with Gasteiger partial charge in [0.25, 0.3) is 0 Å². The molecule has 0 bridgehead atoms. The van der Waals surface area contributed by atoms with E-state index in [1.807, 2.05) is 32.9 Å². The SMILES string of the molecule is CC(C)(C)NC(=O)CNc1nc(-c2cccnc2)nc2sc3c(c12)CCC3. The number of nitrogens with one attached hydrogen (secondary N) is 2. The van der Waals surface area contributed by atoms with Gasteiger partial charge in [0.05, 0.1) is 11.9 Å². The highest BCUT2D eigenvalue weighted by atomic mass is 32.1. The Hall–Kier alpha value is -2.54. The molecule has 0 saturated carbocycles. The lowest BCUT2D eigenvalue weighted by atomic mass is 10.1. The highest BCUT2D eigenvalue weighted by Gasteiger charge is 2.23. The van der Waals surface area contributed by atoms with Crippen molar-refractivity contribution in [1.82, 2.24) is 20.3 Å². The highest BCUT2D eigenvalue weighted by Crippen LogP contribution is 2.40. The Morgan fingerprint density at radius 3 is 2.85 bits per heavy atom. The van der Waals surface area contributed by atoms with Crippen molar-refractivity contribution in [2.75, 3.05) is 11.9 Å². The van der Waals surface area contributed by atoms with Gasteiger partial charge >= 0.3 is 0 Å². The third-order valence-corrected chi connectivity index (χ3v) is 5.60. The lowest BCUT2D eigenvalue weighted by Gasteiger charge is -2.20. The first kappa shape index (κ1) is 17.9. The number of carbonyl (C=O) groups excluding carboxylic acids is 1. The summed E-state index contributed by atoms with van der Waals surface area (Å²) in [5.74, 6) is 1.32. The van der Waals surface area contributed by atoms with E-state index in [-0.39, 0.29) is 18.0 Å². The van der Waals surface area contributed by atoms with Crippen LogP contribution in [0.15, 0.2) is 24.5 Å². The van der Waals surface area contributed by atoms with Gasteiger partial charge in [0.15, 0.2) is 5.82 Å². The molecule has 27 heavy (non-hydrogen) atoms. The zero-order valence-electron chi connectivity index (χ0n) is 15.8. The van der Waals surface area contributed by atoms with Crippen LogP contribution in [0, 0.1) is 0 Å². The van der Waals surface area contributed by atoms with Gasteiger partial charge in [-0.2, -0.15) is 0 Å². The second kappa shape index (κ2) is 6.88. The van der Waals surface area contributed by atoms with Gasteiger partial charge in [0.2, 0.25) is 5.91 Å². The summed E-state index contributed by atoms with van der Waals surface area (Å²) in [5.41, 5.74) is 1.95. The molecular weight excluding hydrogens is 358 g/mol. The van der Waals surface area contributed by atoms with Gasteiger partial charge in [-0.15, -0.1) is 11.3 Å². The summed E-state index contributed by atoms with van der Waals surface area (Å²) >= 11 is 1.74. The molecule has 3 aromatic rings. The lowest BCUT2D eigenvalue weighted by molar-refractivity contribution is -0.120. The van der Waals surface area contributed by atoms with Crippen molar-refractivity contribution in [3.8, 4) is 11.4 Å². The molecule has 0 fully saturated rings. The molecule has 0 atom stereocenters. The molecule has 0 radical (unpaired) electrons. The number of amides is 1. The van der Waals surface area contributed by atoms with Gasteiger partial charge in [-0.25, -0.2) is 9.97 Å². The van der Waals surface area contributed by atoms with Crippen molar-refractivity contribution in [1.29, 1.82) is 0 Å². The molecule has 3 heterocycles. The molecule has 3 aromatic heterocycles. The Morgan fingerprint density at radius 1 is 1.26 bits per heavy atom. The monoisotopic (exact) mass is 381 g/mol. The van der Waals surface area contributed by atoms with Crippen LogP contribution in [0.5, 0.6) is 0 Å². The summed E-state index contributed by atoms with van der Waals surface area (Å²) in [5, 5.41) is 7.31. The molecule has 0 spiro atoms. The number of aromatic nitrogens is 3. The molecule has 2 N–H and O–H groups in total. The van der Waals surface area contributed by atoms with Crippen molar-refractivity contribution in [2.45, 2.75) is 45.6 Å². The number of pyridine rings is 1. The van der Waals surface area contributed by atoms with Crippen LogP contribution in [-0.2, 0) is 17.6 Å². The van der Waals surface area contributed by atoms with Crippen LogP contribution in [0.4, 0.5) is 5.82 Å². The number of fused-ring (bicyclic) bond motifs is 3. The number of rotatable bonds is 4. The molecule has 0 unspecified atom stereocenters. The average Bonchev–Trinajstić information content (AvgIpc) is 3.19. The maximum atomic E-state index is 12.3. The van der Waals surface area contributed by atoms with Gasteiger partial charge in [-0.05, 0) is 57.7 Å². The van der Waals surface area contributed by atoms with E-state index >= 15 is 0 Å². The standard InChI is InChI=1S/C20H23N5OS/c1-20(2,3)25-15(26)11-22-18-16-13-7-4-8-14(13)27-19(16)24-17(23-18)12-6-5-9-21-10-12/h5-6,9-10H,4,7-8,11H2,1-3H3,(H,25,26)(H,22,23,24). The molecule has 6 nitrogen and oxygen atoms in total. The molecular formula is C20H23N5OS. The van der Waals surface area contributed by atoms with E-state index in [2.05, 4.69) is 15.6 Å². The third-order valence-electron chi connectivity index (χ3n) is 4.42. The van der Waals surface area contributed by atoms with Crippen LogP contribution >= 0.6 is 11.3 Å². The summed E-state index contributed by atoms with van der Waals surface area (Å²) in [7, 11) is 0. The van der Waals surface area contributed by atoms with E-state index in [1.54, 1.807) is 23.7 Å². The number of anilines is 1. The second-order valence-electron chi connectivity index (χ2n) is 7.83. The van der Waals surface area contributed by atoms with Gasteiger partial charge in [-0.3, -0.25) is 9.78 Å². The molecule has 1 aliphatic rings. The number of aryl methyl sites for hydroxylation is 2. The quantitative estimate of drug-likeness (QED) is 0.722. The fraction of sp³-hybridized carbons (Fsp3) is 0.400. The average molecular weight is 382 g/mol. The van der Waals surface area contributed by atoms with E-state index in [9.17, 15) is 4.79 Å². The van der Waals surface area contributed by atoms with Crippen molar-refractivity contribution < 1.29 is 4.79 Å². The van der Waals surface area contributed by atoms with Crippen LogP contribution < -0.4 is 10.6 Å². The Bertz CT molecular complexity index is 991. The predicted molar refractivity (Wildman–Crippen MR) is 109 cm³/mol. The van der Waals surface area contributed by atoms with Crippen LogP contribution in [0.1, 0.15) is 37.6 Å². The molecule has 0 saturated heterocycles. The molecule has 1 amide bonds. The predicted octanol–water partition coefficient (Wildman–Crippen LogP) is 3.57. The van der Waals surface area contributed by atoms with E-state index in [1.165, 1.54) is 16.9 Å². The summed E-state index contributed by atoms with van der Waals surface area (Å²) in [4.78, 5) is 28.4. The number of carbonyl (C=O) groups is 1. The summed E-state index contributed by atoms with van der Waals surface area (Å²) < 4.78 is 0. The van der Waals surface area contributed by atoms with E-state index in [0.29, 0.717) is 5.82 Å². The van der Waals surface area contributed by atoms with E-state index in [0.717, 1.165) is 34.4 Å². The highest BCUT2D eigenvalue weighted by molar-refractivity contribution is 7.19. The maximum absolute atomic E-state index is 12.3. The number of hydrogen-bond donors (Lipinski definition) is 2. The van der Waals surface area contributed by atoms with Gasteiger partial charge in [0, 0.05) is 28.4 Å². The second-order valence-corrected chi connectivity index (χ2v) is 8.91. The Kier molecular flexibility index (Phi) is 4.55. The van der Waals surface area contributed by atoms with Crippen molar-refractivity contribution in [2.24, 2.45) is 0 Å². The molecule has 0 aliphatic heterocycles. The third kappa shape index (κ3) is 3.78. The van der Waals surface area contributed by atoms with Crippen LogP contribution in [-0.4, -0.2) is 32.9 Å². The summed E-state index contributed by atoms with van der Waals surface area (Å²) in [6.45, 7) is 6.10. The van der Waals surface area contributed by atoms with E-state index < -0.39 is 0 Å². The minimum absolute atomic E-state index is 0.0518. The summed E-state index contributed by atoms with van der Waals surface area (Å²) in [6.07, 6.45) is 6.82. The molecule has 7 heteroatoms. The molecule has 140 valence electrons. The van der Waals surface area contributed by atoms with E-state index in [4.69, 9.17) is 9.97 Å². The van der Waals surface area contributed by atoms with Crippen LogP contribution in [0.25, 0.3) is 21.6 Å². The Balaban J connectivity index is 1.71. The van der Waals surface area contributed by atoms with Crippen molar-refractivity contribution in [3.63, 3.8) is 0 Å². The van der Waals surface area contributed by atoms with Gasteiger partial charge in [-0.1, -0.05) is 0 Å². The molecule has 1 aliphatic carbocycles. The van der Waals surface area contributed by atoms with Crippen molar-refractivity contribution >= 4 is 33.3 Å². The smallest absolute Gasteiger partial charge is 0.239 e. The Morgan fingerprint density at radius 2 is 2.11 bits per heavy atom. The minimum Gasteiger partial charge on any atom is -0.360 e. The lowest BCUT2D eigenvalue weighted by Crippen LogP contribution is -2.43. The van der Waals surface area contributed by atoms with Crippen LogP contribution in [0.3, 0.4) is 0 Å². The first-order valence-electron chi connectivity index (χ1n) is 9.18. The minimum atomic E-state index is -0.260. The first-order valence-corrected chi connectivity index (χ1v) is 10.00. The fourth-order valence-corrected chi connectivity index (χ4v) is 4.64. The maximum Gasteiger partial charge on any atom is 0.239 e. The Labute approximate surface area is 162 Å². The number of nitrogens with zero attached hydrogens (tertiary/aromatic N) is 3. The largest absolute Gasteiger partial charge is 0.360 e. The topological polar surface area (TPSA) is 79.8 Å². The molecule has 0 aromatic carbocycles. The number of thiophene rings is 1. The summed E-state index contributed by atoms with van der Waals surface area (Å²) in [6, 6.07) is 3.83. The zero-order chi connectivity index (χ0) is 19.0. The van der Waals surface area contributed by atoms with Gasteiger partial charge < -0.3 is 10.6 Å². The van der Waals surface area contributed by atoms with Gasteiger partial charge in [0.1, 0.15) is 10.6 Å². The first-order chi connectivity index (χ1) is 12.9. The van der Waals surface area contributed by atoms with Crippen molar-refractivity contribution in [3.05, 3.63) is 35.0 Å². The van der Waals surface area contributed by atoms with Crippen LogP contribution in [0.2, 0.25) is 0 Å². The number of hydrogen-bond acceptors (Lipinski definition) is 6.